The Morgan fingerprint density at radius 1 is 1.16 bits per heavy atom. The van der Waals surface area contributed by atoms with Gasteiger partial charge in [0.25, 0.3) is 5.91 Å². The number of piperidine rings is 1. The summed E-state index contributed by atoms with van der Waals surface area (Å²) in [5, 5.41) is 0. The maximum atomic E-state index is 12.8. The third-order valence-electron chi connectivity index (χ3n) is 5.03. The van der Waals surface area contributed by atoms with Gasteiger partial charge in [0.15, 0.2) is 0 Å². The van der Waals surface area contributed by atoms with Gasteiger partial charge < -0.3 is 4.90 Å². The molecule has 1 amide bonds. The Kier molecular flexibility index (Phi) is 4.04. The van der Waals surface area contributed by atoms with Crippen LogP contribution in [0, 0.1) is 12.8 Å². The predicted molar refractivity (Wildman–Crippen MR) is 100 cm³/mol. The number of nitrogens with zero attached hydrogens (tertiary/aromatic N) is 3. The fourth-order valence-corrected chi connectivity index (χ4v) is 3.79. The normalized spacial score (nSPS) is 17.8. The van der Waals surface area contributed by atoms with Crippen molar-refractivity contribution in [1.29, 1.82) is 0 Å². The number of hydrogen-bond acceptors (Lipinski definition) is 2. The SMILES string of the molecule is Cc1nc2cc(C(=O)N3CCC[C@@H](C)C3)ccc2n1-c1ccccc1. The van der Waals surface area contributed by atoms with E-state index in [-0.39, 0.29) is 5.91 Å². The molecular formula is C21H23N3O. The second-order valence-electron chi connectivity index (χ2n) is 7.03. The average Bonchev–Trinajstić information content (AvgIpc) is 2.96. The van der Waals surface area contributed by atoms with Crippen LogP contribution in [0.25, 0.3) is 16.7 Å². The first-order valence-corrected chi connectivity index (χ1v) is 8.97. The van der Waals surface area contributed by atoms with Gasteiger partial charge >= 0.3 is 0 Å². The molecule has 1 aromatic heterocycles. The molecule has 2 aromatic carbocycles. The van der Waals surface area contributed by atoms with Crippen molar-refractivity contribution in [1.82, 2.24) is 14.5 Å². The number of likely N-dealkylation sites (tertiary alicyclic amines) is 1. The molecule has 1 fully saturated rings. The van der Waals surface area contributed by atoms with Crippen LogP contribution >= 0.6 is 0 Å². The van der Waals surface area contributed by atoms with Crippen molar-refractivity contribution in [3.8, 4) is 5.69 Å². The van der Waals surface area contributed by atoms with E-state index in [1.165, 1.54) is 6.42 Å². The molecule has 1 atom stereocenters. The van der Waals surface area contributed by atoms with Gasteiger partial charge in [-0.05, 0) is 56.0 Å². The molecule has 4 nitrogen and oxygen atoms in total. The number of fused-ring (bicyclic) bond motifs is 1. The van der Waals surface area contributed by atoms with E-state index in [1.54, 1.807) is 0 Å². The first-order chi connectivity index (χ1) is 12.1. The molecule has 0 radical (unpaired) electrons. The standard InChI is InChI=1S/C21H23N3O/c1-15-7-6-12-23(14-15)21(25)17-10-11-20-19(13-17)22-16(2)24(20)18-8-4-3-5-9-18/h3-5,8-11,13,15H,6-7,12,14H2,1-2H3/t15-/m1/s1. The minimum atomic E-state index is 0.125. The number of para-hydroxylation sites is 1. The molecule has 4 rings (SSSR count). The summed E-state index contributed by atoms with van der Waals surface area (Å²) >= 11 is 0. The van der Waals surface area contributed by atoms with Gasteiger partial charge in [-0.2, -0.15) is 0 Å². The van der Waals surface area contributed by atoms with E-state index >= 15 is 0 Å². The molecule has 0 bridgehead atoms. The Labute approximate surface area is 148 Å². The van der Waals surface area contributed by atoms with Gasteiger partial charge in [-0.1, -0.05) is 25.1 Å². The Bertz CT molecular complexity index is 914. The fourth-order valence-electron chi connectivity index (χ4n) is 3.79. The molecule has 2 heterocycles. The van der Waals surface area contributed by atoms with Gasteiger partial charge in [0.05, 0.1) is 11.0 Å². The lowest BCUT2D eigenvalue weighted by molar-refractivity contribution is 0.0683. The van der Waals surface area contributed by atoms with Gasteiger partial charge in [0.1, 0.15) is 5.82 Å². The second-order valence-corrected chi connectivity index (χ2v) is 7.03. The Balaban J connectivity index is 1.71. The van der Waals surface area contributed by atoms with Gasteiger partial charge in [0, 0.05) is 24.3 Å². The second kappa shape index (κ2) is 6.36. The summed E-state index contributed by atoms with van der Waals surface area (Å²) in [7, 11) is 0. The maximum absolute atomic E-state index is 12.8. The number of carbonyl (C=O) groups is 1. The molecule has 4 heteroatoms. The highest BCUT2D eigenvalue weighted by Crippen LogP contribution is 2.24. The lowest BCUT2D eigenvalue weighted by Gasteiger charge is -2.31. The van der Waals surface area contributed by atoms with Crippen molar-refractivity contribution in [3.05, 3.63) is 59.9 Å². The number of aromatic nitrogens is 2. The summed E-state index contributed by atoms with van der Waals surface area (Å²) in [6.45, 7) is 5.93. The predicted octanol–water partition coefficient (Wildman–Crippen LogP) is 4.21. The molecule has 1 aliphatic rings. The zero-order valence-electron chi connectivity index (χ0n) is 14.8. The topological polar surface area (TPSA) is 38.1 Å². The van der Waals surface area contributed by atoms with Crippen molar-refractivity contribution >= 4 is 16.9 Å². The van der Waals surface area contributed by atoms with Crippen LogP contribution < -0.4 is 0 Å². The number of imidazole rings is 1. The van der Waals surface area contributed by atoms with E-state index < -0.39 is 0 Å². The van der Waals surface area contributed by atoms with E-state index in [0.717, 1.165) is 47.6 Å². The lowest BCUT2D eigenvalue weighted by atomic mass is 9.99. The first-order valence-electron chi connectivity index (χ1n) is 8.97. The fraction of sp³-hybridized carbons (Fsp3) is 0.333. The zero-order chi connectivity index (χ0) is 17.4. The third-order valence-corrected chi connectivity index (χ3v) is 5.03. The van der Waals surface area contributed by atoms with Crippen LogP contribution in [-0.4, -0.2) is 33.4 Å². The molecule has 3 aromatic rings. The summed E-state index contributed by atoms with van der Waals surface area (Å²) in [5.41, 5.74) is 3.73. The molecule has 1 saturated heterocycles. The monoisotopic (exact) mass is 333 g/mol. The van der Waals surface area contributed by atoms with Crippen LogP contribution in [0.5, 0.6) is 0 Å². The minimum Gasteiger partial charge on any atom is -0.338 e. The Morgan fingerprint density at radius 3 is 2.72 bits per heavy atom. The van der Waals surface area contributed by atoms with Crippen LogP contribution in [0.1, 0.15) is 35.9 Å². The molecule has 0 unspecified atom stereocenters. The molecular weight excluding hydrogens is 310 g/mol. The van der Waals surface area contributed by atoms with E-state index in [0.29, 0.717) is 5.92 Å². The summed E-state index contributed by atoms with van der Waals surface area (Å²) in [6.07, 6.45) is 2.31. The number of rotatable bonds is 2. The largest absolute Gasteiger partial charge is 0.338 e. The van der Waals surface area contributed by atoms with Gasteiger partial charge in [-0.3, -0.25) is 9.36 Å². The molecule has 0 spiro atoms. The summed E-state index contributed by atoms with van der Waals surface area (Å²) in [5.74, 6) is 1.64. The average molecular weight is 333 g/mol. The van der Waals surface area contributed by atoms with Crippen LogP contribution in [0.15, 0.2) is 48.5 Å². The van der Waals surface area contributed by atoms with Crippen LogP contribution in [-0.2, 0) is 0 Å². The van der Waals surface area contributed by atoms with Crippen LogP contribution in [0.3, 0.4) is 0 Å². The molecule has 25 heavy (non-hydrogen) atoms. The van der Waals surface area contributed by atoms with Crippen LogP contribution in [0.4, 0.5) is 0 Å². The van der Waals surface area contributed by atoms with Gasteiger partial charge in [-0.25, -0.2) is 4.98 Å². The highest BCUT2D eigenvalue weighted by atomic mass is 16.2. The van der Waals surface area contributed by atoms with E-state index in [2.05, 4.69) is 28.6 Å². The van der Waals surface area contributed by atoms with Crippen LogP contribution in [0.2, 0.25) is 0 Å². The highest BCUT2D eigenvalue weighted by molar-refractivity contribution is 5.97. The smallest absolute Gasteiger partial charge is 0.253 e. The summed E-state index contributed by atoms with van der Waals surface area (Å²) in [4.78, 5) is 19.5. The number of hydrogen-bond donors (Lipinski definition) is 0. The van der Waals surface area contributed by atoms with Gasteiger partial charge in [0.2, 0.25) is 0 Å². The zero-order valence-corrected chi connectivity index (χ0v) is 14.8. The van der Waals surface area contributed by atoms with E-state index in [9.17, 15) is 4.79 Å². The minimum absolute atomic E-state index is 0.125. The van der Waals surface area contributed by atoms with E-state index in [4.69, 9.17) is 0 Å². The van der Waals surface area contributed by atoms with Crippen molar-refractivity contribution in [2.45, 2.75) is 26.7 Å². The third kappa shape index (κ3) is 2.93. The summed E-state index contributed by atoms with van der Waals surface area (Å²) < 4.78 is 2.13. The quantitative estimate of drug-likeness (QED) is 0.705. The van der Waals surface area contributed by atoms with Crippen molar-refractivity contribution < 1.29 is 4.79 Å². The first kappa shape index (κ1) is 15.9. The van der Waals surface area contributed by atoms with Crippen molar-refractivity contribution in [3.63, 3.8) is 0 Å². The molecule has 1 aliphatic heterocycles. The Morgan fingerprint density at radius 2 is 1.96 bits per heavy atom. The van der Waals surface area contributed by atoms with Crippen molar-refractivity contribution in [2.24, 2.45) is 5.92 Å². The number of benzene rings is 2. The van der Waals surface area contributed by atoms with Gasteiger partial charge in [-0.15, -0.1) is 0 Å². The number of carbonyl (C=O) groups excluding carboxylic acids is 1. The Hall–Kier alpha value is -2.62. The highest BCUT2D eigenvalue weighted by Gasteiger charge is 2.22. The van der Waals surface area contributed by atoms with E-state index in [1.807, 2.05) is 48.2 Å². The molecule has 0 saturated carbocycles. The molecule has 0 aliphatic carbocycles. The number of aryl methyl sites for hydroxylation is 1. The maximum Gasteiger partial charge on any atom is 0.253 e. The molecule has 128 valence electrons. The molecule has 0 N–H and O–H groups in total. The van der Waals surface area contributed by atoms with Crippen molar-refractivity contribution in [2.75, 3.05) is 13.1 Å². The number of amides is 1. The summed E-state index contributed by atoms with van der Waals surface area (Å²) in [6, 6.07) is 16.1. The lowest BCUT2D eigenvalue weighted by Crippen LogP contribution is -2.39.